The minimum absolute atomic E-state index is 0.320. The van der Waals surface area contributed by atoms with Gasteiger partial charge in [-0.1, -0.05) is 12.1 Å². The smallest absolute Gasteiger partial charge is 0.177 e. The standard InChI is InChI=1S/C9H11N3O2S/c1-15(13,14)9-5-3-2-4-8(9)12-6-10-11-7-12/h2-6,11H,7H2,1H3. The molecule has 0 unspecified atom stereocenters. The summed E-state index contributed by atoms with van der Waals surface area (Å²) in [4.78, 5) is 2.07. The zero-order valence-electron chi connectivity index (χ0n) is 8.21. The van der Waals surface area contributed by atoms with Crippen LogP contribution in [0.15, 0.2) is 34.3 Å². The van der Waals surface area contributed by atoms with Gasteiger partial charge in [0.25, 0.3) is 0 Å². The predicted molar refractivity (Wildman–Crippen MR) is 58.5 cm³/mol. The van der Waals surface area contributed by atoms with Crippen LogP contribution in [0.2, 0.25) is 0 Å². The van der Waals surface area contributed by atoms with Gasteiger partial charge in [0, 0.05) is 6.26 Å². The Balaban J connectivity index is 2.51. The van der Waals surface area contributed by atoms with Gasteiger partial charge < -0.3 is 4.90 Å². The topological polar surface area (TPSA) is 61.8 Å². The number of hydrogen-bond acceptors (Lipinski definition) is 5. The molecule has 1 aromatic rings. The van der Waals surface area contributed by atoms with Crippen molar-refractivity contribution >= 4 is 21.9 Å². The van der Waals surface area contributed by atoms with Gasteiger partial charge in [-0.3, -0.25) is 5.43 Å². The van der Waals surface area contributed by atoms with Crippen LogP contribution in [0.5, 0.6) is 0 Å². The van der Waals surface area contributed by atoms with Gasteiger partial charge in [0.15, 0.2) is 9.84 Å². The van der Waals surface area contributed by atoms with E-state index in [0.717, 1.165) is 0 Å². The zero-order chi connectivity index (χ0) is 10.9. The maximum Gasteiger partial charge on any atom is 0.177 e. The molecule has 0 aromatic heterocycles. The zero-order valence-corrected chi connectivity index (χ0v) is 9.03. The Labute approximate surface area is 88.3 Å². The van der Waals surface area contributed by atoms with Crippen molar-refractivity contribution in [3.8, 4) is 0 Å². The van der Waals surface area contributed by atoms with Gasteiger partial charge in [-0.15, -0.1) is 0 Å². The van der Waals surface area contributed by atoms with E-state index < -0.39 is 9.84 Å². The summed E-state index contributed by atoms with van der Waals surface area (Å²) in [5.74, 6) is 0. The quantitative estimate of drug-likeness (QED) is 0.791. The highest BCUT2D eigenvalue weighted by molar-refractivity contribution is 7.90. The molecule has 0 bridgehead atoms. The van der Waals surface area contributed by atoms with Crippen LogP contribution in [0.1, 0.15) is 0 Å². The van der Waals surface area contributed by atoms with E-state index in [1.165, 1.54) is 6.26 Å². The Morgan fingerprint density at radius 2 is 2.13 bits per heavy atom. The van der Waals surface area contributed by atoms with Crippen molar-refractivity contribution in [2.45, 2.75) is 4.90 Å². The largest absolute Gasteiger partial charge is 0.310 e. The molecule has 0 amide bonds. The van der Waals surface area contributed by atoms with Crippen LogP contribution in [0, 0.1) is 0 Å². The molecule has 1 aliphatic rings. The van der Waals surface area contributed by atoms with Crippen molar-refractivity contribution in [1.29, 1.82) is 0 Å². The summed E-state index contributed by atoms with van der Waals surface area (Å²) in [5.41, 5.74) is 3.40. The van der Waals surface area contributed by atoms with Crippen LogP contribution in [-0.4, -0.2) is 27.7 Å². The Kier molecular flexibility index (Phi) is 2.36. The number of hydrazone groups is 1. The molecule has 80 valence electrons. The van der Waals surface area contributed by atoms with Crippen molar-refractivity contribution in [2.24, 2.45) is 5.10 Å². The molecule has 0 spiro atoms. The second-order valence-corrected chi connectivity index (χ2v) is 5.25. The fraction of sp³-hybridized carbons (Fsp3) is 0.222. The summed E-state index contributed by atoms with van der Waals surface area (Å²) in [5, 5.41) is 3.82. The Morgan fingerprint density at radius 3 is 2.73 bits per heavy atom. The highest BCUT2D eigenvalue weighted by Crippen LogP contribution is 2.24. The average molecular weight is 225 g/mol. The van der Waals surface area contributed by atoms with E-state index in [-0.39, 0.29) is 0 Å². The molecular formula is C9H11N3O2S. The highest BCUT2D eigenvalue weighted by atomic mass is 32.2. The maximum absolute atomic E-state index is 11.5. The van der Waals surface area contributed by atoms with Gasteiger partial charge in [0.05, 0.1) is 10.6 Å². The van der Waals surface area contributed by atoms with Crippen molar-refractivity contribution in [1.82, 2.24) is 5.43 Å². The first kappa shape index (κ1) is 9.97. The molecule has 15 heavy (non-hydrogen) atoms. The van der Waals surface area contributed by atoms with Crippen molar-refractivity contribution in [3.05, 3.63) is 24.3 Å². The second kappa shape index (κ2) is 3.54. The van der Waals surface area contributed by atoms with E-state index in [4.69, 9.17) is 0 Å². The minimum atomic E-state index is -3.20. The number of nitrogens with zero attached hydrogens (tertiary/aromatic N) is 2. The number of sulfone groups is 1. The number of rotatable bonds is 2. The minimum Gasteiger partial charge on any atom is -0.310 e. The van der Waals surface area contributed by atoms with Gasteiger partial charge >= 0.3 is 0 Å². The highest BCUT2D eigenvalue weighted by Gasteiger charge is 2.17. The average Bonchev–Trinajstić information content (AvgIpc) is 2.69. The summed E-state index contributed by atoms with van der Waals surface area (Å²) >= 11 is 0. The summed E-state index contributed by atoms with van der Waals surface area (Å²) < 4.78 is 23.0. The third kappa shape index (κ3) is 1.94. The number of para-hydroxylation sites is 1. The molecule has 0 aliphatic carbocycles. The van der Waals surface area contributed by atoms with E-state index in [1.54, 1.807) is 35.5 Å². The van der Waals surface area contributed by atoms with E-state index >= 15 is 0 Å². The monoisotopic (exact) mass is 225 g/mol. The fourth-order valence-corrected chi connectivity index (χ4v) is 2.31. The second-order valence-electron chi connectivity index (χ2n) is 3.27. The first-order valence-corrected chi connectivity index (χ1v) is 6.30. The number of anilines is 1. The lowest BCUT2D eigenvalue weighted by atomic mass is 10.3. The van der Waals surface area contributed by atoms with Gasteiger partial charge in [-0.05, 0) is 12.1 Å². The van der Waals surface area contributed by atoms with Gasteiger partial charge in [-0.2, -0.15) is 5.10 Å². The molecule has 0 saturated carbocycles. The molecular weight excluding hydrogens is 214 g/mol. The summed E-state index contributed by atoms with van der Waals surface area (Å²) in [6.45, 7) is 0.493. The van der Waals surface area contributed by atoms with Crippen molar-refractivity contribution in [2.75, 3.05) is 17.8 Å². The van der Waals surface area contributed by atoms with E-state index in [0.29, 0.717) is 17.3 Å². The van der Waals surface area contributed by atoms with Gasteiger partial charge in [-0.25, -0.2) is 8.42 Å². The van der Waals surface area contributed by atoms with Gasteiger partial charge in [0.2, 0.25) is 0 Å². The van der Waals surface area contributed by atoms with Crippen LogP contribution in [-0.2, 0) is 9.84 Å². The predicted octanol–water partition coefficient (Wildman–Crippen LogP) is 0.401. The third-order valence-corrected chi connectivity index (χ3v) is 3.25. The molecule has 0 fully saturated rings. The summed E-state index contributed by atoms with van der Waals surface area (Å²) in [7, 11) is -3.20. The van der Waals surface area contributed by atoms with Crippen LogP contribution >= 0.6 is 0 Å². The van der Waals surface area contributed by atoms with E-state index in [9.17, 15) is 8.42 Å². The normalized spacial score (nSPS) is 15.4. The lowest BCUT2D eigenvalue weighted by molar-refractivity contribution is 0.602. The Hall–Kier alpha value is -1.56. The van der Waals surface area contributed by atoms with Crippen LogP contribution in [0.25, 0.3) is 0 Å². The molecule has 0 saturated heterocycles. The van der Waals surface area contributed by atoms with Crippen LogP contribution < -0.4 is 10.3 Å². The number of nitrogens with one attached hydrogen (secondary N) is 1. The fourth-order valence-electron chi connectivity index (χ4n) is 1.42. The lowest BCUT2D eigenvalue weighted by Crippen LogP contribution is -2.24. The Morgan fingerprint density at radius 1 is 1.40 bits per heavy atom. The molecule has 1 aliphatic heterocycles. The maximum atomic E-state index is 11.5. The van der Waals surface area contributed by atoms with Crippen LogP contribution in [0.4, 0.5) is 5.69 Å². The number of hydrogen-bond donors (Lipinski definition) is 1. The van der Waals surface area contributed by atoms with E-state index in [1.807, 2.05) is 0 Å². The SMILES string of the molecule is CS(=O)(=O)c1ccccc1N1C=NNC1. The molecule has 1 heterocycles. The molecule has 1 aromatic carbocycles. The molecule has 6 heteroatoms. The van der Waals surface area contributed by atoms with Crippen molar-refractivity contribution in [3.63, 3.8) is 0 Å². The molecule has 1 N–H and O–H groups in total. The molecule has 0 atom stereocenters. The lowest BCUT2D eigenvalue weighted by Gasteiger charge is -2.16. The Bertz CT molecular complexity index is 496. The first-order chi connectivity index (χ1) is 7.09. The first-order valence-electron chi connectivity index (χ1n) is 4.41. The van der Waals surface area contributed by atoms with Crippen molar-refractivity contribution < 1.29 is 8.42 Å². The molecule has 0 radical (unpaired) electrons. The van der Waals surface area contributed by atoms with E-state index in [2.05, 4.69) is 10.5 Å². The summed E-state index contributed by atoms with van der Waals surface area (Å²) in [6.07, 6.45) is 2.77. The summed E-state index contributed by atoms with van der Waals surface area (Å²) in [6, 6.07) is 6.86. The van der Waals surface area contributed by atoms with Gasteiger partial charge in [0.1, 0.15) is 13.0 Å². The molecule has 5 nitrogen and oxygen atoms in total. The third-order valence-electron chi connectivity index (χ3n) is 2.10. The molecule has 2 rings (SSSR count). The van der Waals surface area contributed by atoms with Crippen LogP contribution in [0.3, 0.4) is 0 Å². The number of benzene rings is 1.